The molecule has 11 heteroatoms. The summed E-state index contributed by atoms with van der Waals surface area (Å²) in [4.78, 5) is 28.7. The molecular formula is C20H27FN4O5S. The van der Waals surface area contributed by atoms with Crippen LogP contribution in [0.2, 0.25) is 0 Å². The summed E-state index contributed by atoms with van der Waals surface area (Å²) in [6.07, 6.45) is -1.41. The van der Waals surface area contributed by atoms with Crippen LogP contribution in [0.15, 0.2) is 18.2 Å². The molecule has 0 saturated carbocycles. The first-order valence-electron chi connectivity index (χ1n) is 10.1. The van der Waals surface area contributed by atoms with E-state index in [9.17, 15) is 14.0 Å². The molecule has 3 rings (SSSR count). The van der Waals surface area contributed by atoms with E-state index in [4.69, 9.17) is 26.4 Å². The lowest BCUT2D eigenvalue weighted by molar-refractivity contribution is 0.121. The molecule has 0 radical (unpaired) electrons. The molecule has 1 aromatic rings. The van der Waals surface area contributed by atoms with Gasteiger partial charge in [0.25, 0.3) is 5.17 Å². The van der Waals surface area contributed by atoms with E-state index >= 15 is 0 Å². The number of nitrogens with one attached hydrogen (secondary N) is 1. The van der Waals surface area contributed by atoms with Gasteiger partial charge in [0, 0.05) is 26.2 Å². The summed E-state index contributed by atoms with van der Waals surface area (Å²) in [5.41, 5.74) is 0.846. The van der Waals surface area contributed by atoms with Gasteiger partial charge in [-0.1, -0.05) is 0 Å². The number of hydrogen-bond acceptors (Lipinski definition) is 7. The van der Waals surface area contributed by atoms with Crippen LogP contribution in [0.25, 0.3) is 0 Å². The predicted molar refractivity (Wildman–Crippen MR) is 117 cm³/mol. The van der Waals surface area contributed by atoms with Gasteiger partial charge in [0.05, 0.1) is 37.7 Å². The van der Waals surface area contributed by atoms with Crippen LogP contribution in [0.5, 0.6) is 0 Å². The number of piperazine rings is 1. The number of cyclic esters (lactones) is 1. The van der Waals surface area contributed by atoms with E-state index in [0.717, 1.165) is 0 Å². The number of amides is 2. The van der Waals surface area contributed by atoms with Crippen molar-refractivity contribution in [1.29, 1.82) is 0 Å². The van der Waals surface area contributed by atoms with Gasteiger partial charge in [0.2, 0.25) is 0 Å². The van der Waals surface area contributed by atoms with Crippen molar-refractivity contribution in [2.45, 2.75) is 26.1 Å². The van der Waals surface area contributed by atoms with Gasteiger partial charge in [-0.15, -0.1) is 0 Å². The monoisotopic (exact) mass is 454 g/mol. The Balaban J connectivity index is 1.58. The van der Waals surface area contributed by atoms with Gasteiger partial charge in [-0.05, 0) is 44.3 Å². The molecule has 0 spiro atoms. The number of benzene rings is 1. The molecule has 1 unspecified atom stereocenters. The van der Waals surface area contributed by atoms with Gasteiger partial charge in [-0.3, -0.25) is 4.90 Å². The van der Waals surface area contributed by atoms with Gasteiger partial charge < -0.3 is 29.3 Å². The van der Waals surface area contributed by atoms with E-state index in [1.165, 1.54) is 18.1 Å². The fourth-order valence-electron chi connectivity index (χ4n) is 3.47. The molecule has 1 aromatic carbocycles. The fraction of sp³-hybridized carbons (Fsp3) is 0.550. The lowest BCUT2D eigenvalue weighted by Gasteiger charge is -2.35. The molecule has 2 aliphatic rings. The molecule has 2 aliphatic heterocycles. The summed E-state index contributed by atoms with van der Waals surface area (Å²) in [5, 5.41) is 3.16. The van der Waals surface area contributed by atoms with Crippen LogP contribution >= 0.6 is 12.2 Å². The Hall–Kier alpha value is -2.82. The zero-order valence-corrected chi connectivity index (χ0v) is 18.6. The highest BCUT2D eigenvalue weighted by atomic mass is 32.1. The number of methoxy groups -OCH3 is 1. The van der Waals surface area contributed by atoms with Gasteiger partial charge >= 0.3 is 12.2 Å². The zero-order chi connectivity index (χ0) is 22.5. The van der Waals surface area contributed by atoms with E-state index < -0.39 is 18.0 Å². The summed E-state index contributed by atoms with van der Waals surface area (Å²) >= 11 is 5.07. The number of carbonyl (C=O) groups is 2. The Morgan fingerprint density at radius 1 is 1.32 bits per heavy atom. The van der Waals surface area contributed by atoms with Gasteiger partial charge in [-0.2, -0.15) is 0 Å². The lowest BCUT2D eigenvalue weighted by Crippen LogP contribution is -2.49. The van der Waals surface area contributed by atoms with Crippen LogP contribution in [-0.2, 0) is 14.2 Å². The molecule has 2 fully saturated rings. The van der Waals surface area contributed by atoms with E-state index in [2.05, 4.69) is 5.32 Å². The maximum atomic E-state index is 14.8. The molecule has 0 bridgehead atoms. The minimum Gasteiger partial charge on any atom is -0.468 e. The maximum absolute atomic E-state index is 14.8. The standard InChI is InChI=1S/C20H27FN4O5S/c1-13(2)29-18(31)22-11-15-12-25(20(27)30-15)14-4-5-17(16(21)10-14)23-6-8-24(9-7-23)19(26)28-3/h4-5,10,13,15H,6-9,11-12H2,1-3H3,(H,22,31). The molecule has 31 heavy (non-hydrogen) atoms. The Bertz CT molecular complexity index is 832. The van der Waals surface area contributed by atoms with Crippen molar-refractivity contribution >= 4 is 41.0 Å². The van der Waals surface area contributed by atoms with Crippen LogP contribution in [0, 0.1) is 5.82 Å². The van der Waals surface area contributed by atoms with Crippen LogP contribution in [0.4, 0.5) is 25.4 Å². The molecule has 1 N–H and O–H groups in total. The average molecular weight is 455 g/mol. The van der Waals surface area contributed by atoms with E-state index in [0.29, 0.717) is 44.1 Å². The van der Waals surface area contributed by atoms with E-state index in [1.807, 2.05) is 18.7 Å². The van der Waals surface area contributed by atoms with E-state index in [-0.39, 0.29) is 23.9 Å². The predicted octanol–water partition coefficient (Wildman–Crippen LogP) is 2.34. The van der Waals surface area contributed by atoms with Crippen LogP contribution in [0.1, 0.15) is 13.8 Å². The molecule has 1 atom stereocenters. The SMILES string of the molecule is COC(=O)N1CCN(c2ccc(N3CC(CNC(=S)OC(C)C)OC3=O)cc2F)CC1. The number of hydrogen-bond donors (Lipinski definition) is 1. The second kappa shape index (κ2) is 9.99. The molecule has 0 aromatic heterocycles. The van der Waals surface area contributed by atoms with Crippen molar-refractivity contribution in [3.8, 4) is 0 Å². The first-order chi connectivity index (χ1) is 14.8. The Morgan fingerprint density at radius 3 is 2.65 bits per heavy atom. The van der Waals surface area contributed by atoms with Crippen molar-refractivity contribution in [2.75, 3.05) is 56.2 Å². The zero-order valence-electron chi connectivity index (χ0n) is 17.8. The van der Waals surface area contributed by atoms with Crippen molar-refractivity contribution in [1.82, 2.24) is 10.2 Å². The molecule has 170 valence electrons. The third-order valence-corrected chi connectivity index (χ3v) is 5.23. The first kappa shape index (κ1) is 22.9. The number of anilines is 2. The Morgan fingerprint density at radius 2 is 2.03 bits per heavy atom. The quantitative estimate of drug-likeness (QED) is 0.679. The minimum atomic E-state index is -0.540. The number of carbonyl (C=O) groups excluding carboxylic acids is 2. The second-order valence-electron chi connectivity index (χ2n) is 7.53. The fourth-order valence-corrected chi connectivity index (χ4v) is 3.75. The minimum absolute atomic E-state index is 0.0486. The number of ether oxygens (including phenoxy) is 3. The van der Waals surface area contributed by atoms with Gasteiger partial charge in [-0.25, -0.2) is 14.0 Å². The van der Waals surface area contributed by atoms with Crippen LogP contribution < -0.4 is 15.1 Å². The summed E-state index contributed by atoms with van der Waals surface area (Å²) in [6.45, 7) is 6.18. The third kappa shape index (κ3) is 5.66. The number of halogens is 1. The summed E-state index contributed by atoms with van der Waals surface area (Å²) in [7, 11) is 1.34. The smallest absolute Gasteiger partial charge is 0.414 e. The molecule has 2 saturated heterocycles. The van der Waals surface area contributed by atoms with Crippen molar-refractivity contribution in [3.05, 3.63) is 24.0 Å². The summed E-state index contributed by atoms with van der Waals surface area (Å²) in [6, 6.07) is 4.66. The maximum Gasteiger partial charge on any atom is 0.414 e. The molecule has 0 aliphatic carbocycles. The number of thiocarbonyl (C=S) groups is 1. The van der Waals surface area contributed by atoms with E-state index in [1.54, 1.807) is 17.0 Å². The first-order valence-corrected chi connectivity index (χ1v) is 10.5. The molecule has 2 amide bonds. The molecular weight excluding hydrogens is 427 g/mol. The van der Waals surface area contributed by atoms with Crippen molar-refractivity contribution in [2.24, 2.45) is 0 Å². The van der Waals surface area contributed by atoms with Gasteiger partial charge in [0.1, 0.15) is 11.9 Å². The number of rotatable bonds is 5. The van der Waals surface area contributed by atoms with Crippen LogP contribution in [0.3, 0.4) is 0 Å². The van der Waals surface area contributed by atoms with Crippen LogP contribution in [-0.4, -0.2) is 80.8 Å². The van der Waals surface area contributed by atoms with Crippen molar-refractivity contribution in [3.63, 3.8) is 0 Å². The Kier molecular flexibility index (Phi) is 7.37. The topological polar surface area (TPSA) is 83.6 Å². The highest BCUT2D eigenvalue weighted by Gasteiger charge is 2.33. The Labute approximate surface area is 186 Å². The largest absolute Gasteiger partial charge is 0.468 e. The normalized spacial score (nSPS) is 18.8. The molecule has 9 nitrogen and oxygen atoms in total. The average Bonchev–Trinajstić information content (AvgIpc) is 3.12. The molecule has 2 heterocycles. The summed E-state index contributed by atoms with van der Waals surface area (Å²) < 4.78 is 30.2. The number of nitrogens with zero attached hydrogens (tertiary/aromatic N) is 3. The third-order valence-electron chi connectivity index (χ3n) is 4.99. The lowest BCUT2D eigenvalue weighted by atomic mass is 10.2. The second-order valence-corrected chi connectivity index (χ2v) is 7.90. The van der Waals surface area contributed by atoms with Gasteiger partial charge in [0.15, 0.2) is 0 Å². The van der Waals surface area contributed by atoms with Crippen molar-refractivity contribution < 1.29 is 28.2 Å². The highest BCUT2D eigenvalue weighted by molar-refractivity contribution is 7.80. The summed E-state index contributed by atoms with van der Waals surface area (Å²) in [5.74, 6) is -0.440. The highest BCUT2D eigenvalue weighted by Crippen LogP contribution is 2.28.